The molecule has 0 unspecified atom stereocenters. The van der Waals surface area contributed by atoms with Gasteiger partial charge in [0.15, 0.2) is 0 Å². The molecule has 0 atom stereocenters. The van der Waals surface area contributed by atoms with Crippen LogP contribution in [0.5, 0.6) is 0 Å². The highest BCUT2D eigenvalue weighted by atomic mass is 16.1. The van der Waals surface area contributed by atoms with Crippen molar-refractivity contribution in [3.63, 3.8) is 0 Å². The van der Waals surface area contributed by atoms with E-state index < -0.39 is 0 Å². The average molecular weight is 245 g/mol. The number of para-hydroxylation sites is 1. The number of aromatic amines is 1. The predicted molar refractivity (Wildman–Crippen MR) is 73.5 cm³/mol. The van der Waals surface area contributed by atoms with Crippen LogP contribution in [-0.4, -0.2) is 36.4 Å². The van der Waals surface area contributed by atoms with Gasteiger partial charge in [-0.05, 0) is 25.7 Å². The number of hydrogen-bond acceptors (Lipinski definition) is 2. The number of amides is 1. The molecule has 4 nitrogen and oxygen atoms in total. The number of benzene rings is 1. The summed E-state index contributed by atoms with van der Waals surface area (Å²) in [4.78, 5) is 16.7. The molecule has 4 heteroatoms. The zero-order valence-corrected chi connectivity index (χ0v) is 10.9. The molecule has 1 aromatic carbocycles. The topological polar surface area (TPSA) is 62.1 Å². The van der Waals surface area contributed by atoms with Gasteiger partial charge >= 0.3 is 0 Å². The molecule has 0 bridgehead atoms. The molecule has 2 aromatic rings. The third-order valence-corrected chi connectivity index (χ3v) is 3.06. The maximum atomic E-state index is 11.2. The van der Waals surface area contributed by atoms with Crippen molar-refractivity contribution in [2.45, 2.75) is 12.8 Å². The van der Waals surface area contributed by atoms with Crippen LogP contribution in [-0.2, 0) is 17.6 Å². The third-order valence-electron chi connectivity index (χ3n) is 3.06. The van der Waals surface area contributed by atoms with Gasteiger partial charge in [0.05, 0.1) is 6.42 Å². The minimum absolute atomic E-state index is 0.286. The SMILES string of the molecule is CN(C)CCc1[nH]c2ccccc2c1CC(N)=O. The van der Waals surface area contributed by atoms with E-state index in [1.165, 1.54) is 0 Å². The minimum Gasteiger partial charge on any atom is -0.369 e. The van der Waals surface area contributed by atoms with E-state index in [4.69, 9.17) is 5.73 Å². The fourth-order valence-corrected chi connectivity index (χ4v) is 2.18. The molecule has 1 heterocycles. The number of rotatable bonds is 5. The molecule has 3 N–H and O–H groups in total. The Balaban J connectivity index is 2.39. The molecule has 0 fully saturated rings. The van der Waals surface area contributed by atoms with E-state index >= 15 is 0 Å². The van der Waals surface area contributed by atoms with Crippen molar-refractivity contribution >= 4 is 16.8 Å². The zero-order chi connectivity index (χ0) is 13.1. The van der Waals surface area contributed by atoms with Crippen LogP contribution in [0.3, 0.4) is 0 Å². The van der Waals surface area contributed by atoms with Gasteiger partial charge in [-0.2, -0.15) is 0 Å². The summed E-state index contributed by atoms with van der Waals surface area (Å²) in [6.07, 6.45) is 1.19. The molecule has 0 saturated carbocycles. The Kier molecular flexibility index (Phi) is 3.67. The van der Waals surface area contributed by atoms with Crippen LogP contribution in [0.25, 0.3) is 10.9 Å². The largest absolute Gasteiger partial charge is 0.369 e. The summed E-state index contributed by atoms with van der Waals surface area (Å²) in [5.41, 5.74) is 8.56. The molecule has 0 aliphatic heterocycles. The van der Waals surface area contributed by atoms with Gasteiger partial charge in [-0.3, -0.25) is 4.79 Å². The molecule has 1 aromatic heterocycles. The quantitative estimate of drug-likeness (QED) is 0.834. The van der Waals surface area contributed by atoms with Crippen LogP contribution in [0.1, 0.15) is 11.3 Å². The van der Waals surface area contributed by atoms with Crippen LogP contribution < -0.4 is 5.73 Å². The summed E-state index contributed by atoms with van der Waals surface area (Å²) in [6.45, 7) is 0.943. The van der Waals surface area contributed by atoms with Crippen molar-refractivity contribution < 1.29 is 4.79 Å². The first-order valence-corrected chi connectivity index (χ1v) is 6.09. The number of carbonyl (C=O) groups excluding carboxylic acids is 1. The summed E-state index contributed by atoms with van der Waals surface area (Å²) < 4.78 is 0. The van der Waals surface area contributed by atoms with Crippen molar-refractivity contribution in [1.29, 1.82) is 0 Å². The highest BCUT2D eigenvalue weighted by Gasteiger charge is 2.13. The molecule has 18 heavy (non-hydrogen) atoms. The summed E-state index contributed by atoms with van der Waals surface area (Å²) in [5, 5.41) is 1.10. The molecule has 0 aliphatic carbocycles. The Bertz CT molecular complexity index is 557. The van der Waals surface area contributed by atoms with E-state index in [0.29, 0.717) is 6.42 Å². The first kappa shape index (κ1) is 12.6. The molecule has 2 rings (SSSR count). The second-order valence-electron chi connectivity index (χ2n) is 4.82. The number of nitrogens with two attached hydrogens (primary N) is 1. The third kappa shape index (κ3) is 2.71. The van der Waals surface area contributed by atoms with E-state index in [0.717, 1.165) is 35.1 Å². The Morgan fingerprint density at radius 2 is 2.06 bits per heavy atom. The lowest BCUT2D eigenvalue weighted by atomic mass is 10.1. The molecular weight excluding hydrogens is 226 g/mol. The number of primary amides is 1. The van der Waals surface area contributed by atoms with Gasteiger partial charge < -0.3 is 15.6 Å². The van der Waals surface area contributed by atoms with Gasteiger partial charge in [-0.25, -0.2) is 0 Å². The predicted octanol–water partition coefficient (Wildman–Crippen LogP) is 1.30. The van der Waals surface area contributed by atoms with Gasteiger partial charge in [0, 0.05) is 29.6 Å². The van der Waals surface area contributed by atoms with Gasteiger partial charge in [-0.1, -0.05) is 18.2 Å². The molecule has 0 saturated heterocycles. The lowest BCUT2D eigenvalue weighted by Gasteiger charge is -2.09. The second kappa shape index (κ2) is 5.23. The van der Waals surface area contributed by atoms with E-state index in [9.17, 15) is 4.79 Å². The number of hydrogen-bond donors (Lipinski definition) is 2. The van der Waals surface area contributed by atoms with Crippen LogP contribution in [0, 0.1) is 0 Å². The lowest BCUT2D eigenvalue weighted by molar-refractivity contribution is -0.117. The number of fused-ring (bicyclic) bond motifs is 1. The minimum atomic E-state index is -0.286. The number of nitrogens with zero attached hydrogens (tertiary/aromatic N) is 1. The number of nitrogens with one attached hydrogen (secondary N) is 1. The lowest BCUT2D eigenvalue weighted by Crippen LogP contribution is -2.18. The highest BCUT2D eigenvalue weighted by molar-refractivity contribution is 5.89. The van der Waals surface area contributed by atoms with Crippen molar-refractivity contribution in [3.05, 3.63) is 35.5 Å². The van der Waals surface area contributed by atoms with E-state index in [2.05, 4.69) is 9.88 Å². The van der Waals surface area contributed by atoms with Crippen LogP contribution in [0.4, 0.5) is 0 Å². The molecule has 0 aliphatic rings. The Morgan fingerprint density at radius 3 is 2.72 bits per heavy atom. The van der Waals surface area contributed by atoms with Crippen LogP contribution >= 0.6 is 0 Å². The fraction of sp³-hybridized carbons (Fsp3) is 0.357. The standard InChI is InChI=1S/C14H19N3O/c1-17(2)8-7-13-11(9-14(15)18)10-5-3-4-6-12(10)16-13/h3-6,16H,7-9H2,1-2H3,(H2,15,18). The number of aromatic nitrogens is 1. The normalized spacial score (nSPS) is 11.3. The first-order valence-electron chi connectivity index (χ1n) is 6.09. The van der Waals surface area contributed by atoms with E-state index in [1.54, 1.807) is 0 Å². The number of likely N-dealkylation sites (N-methyl/N-ethyl adjacent to an activating group) is 1. The summed E-state index contributed by atoms with van der Waals surface area (Å²) in [6, 6.07) is 8.03. The first-order chi connectivity index (χ1) is 8.58. The van der Waals surface area contributed by atoms with Crippen molar-refractivity contribution in [3.8, 4) is 0 Å². The summed E-state index contributed by atoms with van der Waals surface area (Å²) in [5.74, 6) is -0.286. The Labute approximate surface area is 107 Å². The molecule has 1 amide bonds. The highest BCUT2D eigenvalue weighted by Crippen LogP contribution is 2.23. The smallest absolute Gasteiger partial charge is 0.221 e. The van der Waals surface area contributed by atoms with E-state index in [1.807, 2.05) is 38.4 Å². The Morgan fingerprint density at radius 1 is 1.33 bits per heavy atom. The monoisotopic (exact) mass is 245 g/mol. The van der Waals surface area contributed by atoms with Crippen molar-refractivity contribution in [2.24, 2.45) is 5.73 Å². The second-order valence-corrected chi connectivity index (χ2v) is 4.82. The summed E-state index contributed by atoms with van der Waals surface area (Å²) in [7, 11) is 4.08. The van der Waals surface area contributed by atoms with Gasteiger partial charge in [0.25, 0.3) is 0 Å². The summed E-state index contributed by atoms with van der Waals surface area (Å²) >= 11 is 0. The maximum Gasteiger partial charge on any atom is 0.221 e. The molecule has 0 spiro atoms. The van der Waals surface area contributed by atoms with Gasteiger partial charge in [-0.15, -0.1) is 0 Å². The molecule has 0 radical (unpaired) electrons. The van der Waals surface area contributed by atoms with Crippen LogP contribution in [0.2, 0.25) is 0 Å². The number of carbonyl (C=O) groups is 1. The van der Waals surface area contributed by atoms with Crippen molar-refractivity contribution in [2.75, 3.05) is 20.6 Å². The molecular formula is C14H19N3O. The number of H-pyrrole nitrogens is 1. The fourth-order valence-electron chi connectivity index (χ4n) is 2.18. The zero-order valence-electron chi connectivity index (χ0n) is 10.9. The van der Waals surface area contributed by atoms with Crippen molar-refractivity contribution in [1.82, 2.24) is 9.88 Å². The molecule has 96 valence electrons. The average Bonchev–Trinajstić information content (AvgIpc) is 2.64. The Hall–Kier alpha value is -1.81. The van der Waals surface area contributed by atoms with E-state index in [-0.39, 0.29) is 5.91 Å². The van der Waals surface area contributed by atoms with Crippen LogP contribution in [0.15, 0.2) is 24.3 Å². The van der Waals surface area contributed by atoms with Gasteiger partial charge in [0.1, 0.15) is 0 Å². The maximum absolute atomic E-state index is 11.2. The van der Waals surface area contributed by atoms with Gasteiger partial charge in [0.2, 0.25) is 5.91 Å².